The second-order valence-electron chi connectivity index (χ2n) is 7.85. The van der Waals surface area contributed by atoms with Gasteiger partial charge in [0.05, 0.1) is 0 Å². The molecule has 2 N–H and O–H groups in total. The predicted octanol–water partition coefficient (Wildman–Crippen LogP) is 4.27. The molecule has 1 heterocycles. The molecule has 2 amide bonds. The largest absolute Gasteiger partial charge is 0.481 e. The third kappa shape index (κ3) is 4.94. The van der Waals surface area contributed by atoms with Crippen molar-refractivity contribution in [3.05, 3.63) is 71.2 Å². The molecule has 0 aliphatic heterocycles. The van der Waals surface area contributed by atoms with Crippen LogP contribution in [0.1, 0.15) is 36.8 Å². The number of carbonyl (C=O) groups is 3. The summed E-state index contributed by atoms with van der Waals surface area (Å²) in [7, 11) is 0. The molecule has 0 saturated carbocycles. The lowest BCUT2D eigenvalue weighted by atomic mass is 9.98. The van der Waals surface area contributed by atoms with Gasteiger partial charge in [0.2, 0.25) is 0 Å². The normalized spacial score (nSPS) is 13.0. The number of thiazole rings is 1. The molecule has 0 fully saturated rings. The Bertz CT molecular complexity index is 1140. The molecule has 0 saturated heterocycles. The van der Waals surface area contributed by atoms with Gasteiger partial charge in [-0.2, -0.15) is 0 Å². The molecule has 1 aliphatic rings. The molecule has 0 spiro atoms. The van der Waals surface area contributed by atoms with Crippen molar-refractivity contribution in [2.45, 2.75) is 31.7 Å². The lowest BCUT2D eigenvalue weighted by molar-refractivity contribution is -0.137. The number of likely N-dealkylation sites (N-methyl/N-ethyl adjacent to an activating group) is 1. The summed E-state index contributed by atoms with van der Waals surface area (Å²) in [5.74, 6) is -1.59. The molecule has 34 heavy (non-hydrogen) atoms. The quantitative estimate of drug-likeness (QED) is 0.475. The van der Waals surface area contributed by atoms with E-state index < -0.39 is 24.0 Å². The summed E-state index contributed by atoms with van der Waals surface area (Å²) in [5.41, 5.74) is 4.39. The number of nitrogens with zero attached hydrogens (tertiary/aromatic N) is 2. The summed E-state index contributed by atoms with van der Waals surface area (Å²) in [6.07, 6.45) is 0.498. The van der Waals surface area contributed by atoms with Gasteiger partial charge in [-0.3, -0.25) is 14.5 Å². The van der Waals surface area contributed by atoms with E-state index in [-0.39, 0.29) is 25.4 Å². The number of ether oxygens (including phenoxy) is 1. The van der Waals surface area contributed by atoms with Crippen molar-refractivity contribution in [1.29, 1.82) is 0 Å². The SMILES string of the molecule is CCN(C(=O)C(CCC(=O)O)NC(=O)OCC1c2ccccc2-c2ccccc21)c1nccs1. The molecule has 2 aromatic carbocycles. The van der Waals surface area contributed by atoms with Gasteiger partial charge < -0.3 is 15.2 Å². The Kier molecular flexibility index (Phi) is 7.22. The number of hydrogen-bond acceptors (Lipinski definition) is 6. The van der Waals surface area contributed by atoms with Gasteiger partial charge in [-0.15, -0.1) is 11.3 Å². The fourth-order valence-corrected chi connectivity index (χ4v) is 4.94. The molecular formula is C25H25N3O5S. The fraction of sp³-hybridized carbons (Fsp3) is 0.280. The Labute approximate surface area is 201 Å². The van der Waals surface area contributed by atoms with Crippen LogP contribution in [0.4, 0.5) is 9.93 Å². The van der Waals surface area contributed by atoms with Crippen molar-refractivity contribution in [2.24, 2.45) is 0 Å². The molecule has 1 aromatic heterocycles. The number of fused-ring (bicyclic) bond motifs is 3. The highest BCUT2D eigenvalue weighted by Gasteiger charge is 2.31. The summed E-state index contributed by atoms with van der Waals surface area (Å²) in [6.45, 7) is 2.23. The average molecular weight is 480 g/mol. The van der Waals surface area contributed by atoms with Crippen LogP contribution in [0, 0.1) is 0 Å². The summed E-state index contributed by atoms with van der Waals surface area (Å²) in [6, 6.07) is 15.0. The van der Waals surface area contributed by atoms with Gasteiger partial charge in [0, 0.05) is 30.5 Å². The molecule has 176 valence electrons. The van der Waals surface area contributed by atoms with Crippen LogP contribution < -0.4 is 10.2 Å². The standard InChI is InChI=1S/C25H25N3O5S/c1-2-28(24-26-13-14-34-24)23(31)21(11-12-22(29)30)27-25(32)33-15-20-18-9-5-3-7-16(18)17-8-4-6-10-19(17)20/h3-10,13-14,20-21H,2,11-12,15H2,1H3,(H,27,32)(H,29,30). The molecule has 1 aliphatic carbocycles. The van der Waals surface area contributed by atoms with E-state index in [0.29, 0.717) is 11.7 Å². The van der Waals surface area contributed by atoms with Gasteiger partial charge >= 0.3 is 12.1 Å². The number of rotatable bonds is 9. The van der Waals surface area contributed by atoms with E-state index in [1.54, 1.807) is 18.5 Å². The number of benzene rings is 2. The minimum absolute atomic E-state index is 0.0553. The van der Waals surface area contributed by atoms with E-state index in [4.69, 9.17) is 9.84 Å². The van der Waals surface area contributed by atoms with Crippen LogP contribution in [-0.4, -0.2) is 47.3 Å². The molecule has 1 atom stereocenters. The second-order valence-corrected chi connectivity index (χ2v) is 8.73. The lowest BCUT2D eigenvalue weighted by Crippen LogP contribution is -2.49. The van der Waals surface area contributed by atoms with Gasteiger partial charge in [-0.1, -0.05) is 48.5 Å². The van der Waals surface area contributed by atoms with E-state index >= 15 is 0 Å². The van der Waals surface area contributed by atoms with Crippen LogP contribution in [0.25, 0.3) is 11.1 Å². The third-order valence-corrected chi connectivity index (χ3v) is 6.61. The number of hydrogen-bond donors (Lipinski definition) is 2. The number of nitrogens with one attached hydrogen (secondary N) is 1. The molecule has 4 rings (SSSR count). The van der Waals surface area contributed by atoms with E-state index in [2.05, 4.69) is 10.3 Å². The van der Waals surface area contributed by atoms with Crippen molar-refractivity contribution >= 4 is 34.4 Å². The zero-order valence-electron chi connectivity index (χ0n) is 18.6. The van der Waals surface area contributed by atoms with Gasteiger partial charge in [0.1, 0.15) is 12.6 Å². The minimum Gasteiger partial charge on any atom is -0.481 e. The Morgan fingerprint density at radius 1 is 1.12 bits per heavy atom. The predicted molar refractivity (Wildman–Crippen MR) is 129 cm³/mol. The van der Waals surface area contributed by atoms with Crippen molar-refractivity contribution in [3.63, 3.8) is 0 Å². The van der Waals surface area contributed by atoms with Crippen molar-refractivity contribution in [2.75, 3.05) is 18.1 Å². The molecule has 0 radical (unpaired) electrons. The number of carbonyl (C=O) groups excluding carboxylic acids is 2. The van der Waals surface area contributed by atoms with E-state index in [1.165, 1.54) is 16.2 Å². The van der Waals surface area contributed by atoms with Crippen LogP contribution in [-0.2, 0) is 14.3 Å². The zero-order chi connectivity index (χ0) is 24.1. The van der Waals surface area contributed by atoms with Gasteiger partial charge in [0.25, 0.3) is 5.91 Å². The number of aliphatic carboxylic acids is 1. The van der Waals surface area contributed by atoms with Crippen molar-refractivity contribution < 1.29 is 24.2 Å². The van der Waals surface area contributed by atoms with E-state index in [9.17, 15) is 14.4 Å². The monoisotopic (exact) mass is 479 g/mol. The number of aromatic nitrogens is 1. The lowest BCUT2D eigenvalue weighted by Gasteiger charge is -2.25. The van der Waals surface area contributed by atoms with Crippen LogP contribution >= 0.6 is 11.3 Å². The number of amides is 2. The number of anilines is 1. The van der Waals surface area contributed by atoms with Gasteiger partial charge in [0.15, 0.2) is 5.13 Å². The zero-order valence-corrected chi connectivity index (χ0v) is 19.5. The minimum atomic E-state index is -1.05. The molecule has 9 heteroatoms. The maximum atomic E-state index is 13.1. The maximum absolute atomic E-state index is 13.1. The van der Waals surface area contributed by atoms with Gasteiger partial charge in [-0.05, 0) is 35.6 Å². The molecule has 0 bridgehead atoms. The summed E-state index contributed by atoms with van der Waals surface area (Å²) in [4.78, 5) is 42.6. The highest BCUT2D eigenvalue weighted by molar-refractivity contribution is 7.13. The maximum Gasteiger partial charge on any atom is 0.407 e. The summed E-state index contributed by atoms with van der Waals surface area (Å²) in [5, 5.41) is 13.9. The summed E-state index contributed by atoms with van der Waals surface area (Å²) >= 11 is 1.29. The Balaban J connectivity index is 1.46. The van der Waals surface area contributed by atoms with Crippen LogP contribution in [0.5, 0.6) is 0 Å². The number of carboxylic acid groups (broad SMARTS) is 1. The van der Waals surface area contributed by atoms with Crippen molar-refractivity contribution in [3.8, 4) is 11.1 Å². The highest BCUT2D eigenvalue weighted by Crippen LogP contribution is 2.44. The molecule has 1 unspecified atom stereocenters. The Morgan fingerprint density at radius 3 is 2.32 bits per heavy atom. The van der Waals surface area contributed by atoms with Crippen LogP contribution in [0.15, 0.2) is 60.1 Å². The number of alkyl carbamates (subject to hydrolysis) is 1. The Morgan fingerprint density at radius 2 is 1.76 bits per heavy atom. The van der Waals surface area contributed by atoms with Crippen LogP contribution in [0.2, 0.25) is 0 Å². The first kappa shape index (κ1) is 23.4. The molecule has 3 aromatic rings. The summed E-state index contributed by atoms with van der Waals surface area (Å²) < 4.78 is 5.55. The first-order valence-corrected chi connectivity index (χ1v) is 11.9. The molecular weight excluding hydrogens is 454 g/mol. The average Bonchev–Trinajstić information content (AvgIpc) is 3.47. The topological polar surface area (TPSA) is 109 Å². The molecule has 8 nitrogen and oxygen atoms in total. The van der Waals surface area contributed by atoms with Gasteiger partial charge in [-0.25, -0.2) is 9.78 Å². The smallest absolute Gasteiger partial charge is 0.407 e. The number of carboxylic acids is 1. The second kappa shape index (κ2) is 10.5. The fourth-order valence-electron chi connectivity index (χ4n) is 4.23. The van der Waals surface area contributed by atoms with E-state index in [0.717, 1.165) is 22.3 Å². The van der Waals surface area contributed by atoms with Crippen molar-refractivity contribution in [1.82, 2.24) is 10.3 Å². The third-order valence-electron chi connectivity index (χ3n) is 5.81. The highest BCUT2D eigenvalue weighted by atomic mass is 32.1. The first-order valence-electron chi connectivity index (χ1n) is 11.0. The van der Waals surface area contributed by atoms with Crippen LogP contribution in [0.3, 0.4) is 0 Å². The first-order chi connectivity index (χ1) is 16.5. The van der Waals surface area contributed by atoms with E-state index in [1.807, 2.05) is 48.5 Å². The Hall–Kier alpha value is -3.72.